The van der Waals surface area contributed by atoms with Crippen molar-refractivity contribution in [1.82, 2.24) is 4.98 Å². The summed E-state index contributed by atoms with van der Waals surface area (Å²) in [7, 11) is 0. The van der Waals surface area contributed by atoms with E-state index in [-0.39, 0.29) is 0 Å². The van der Waals surface area contributed by atoms with Crippen molar-refractivity contribution in [3.05, 3.63) is 33.2 Å². The Bertz CT molecular complexity index is 437. The molecule has 0 saturated carbocycles. The average Bonchev–Trinajstić information content (AvgIpc) is 2.15. The Morgan fingerprint density at radius 3 is 2.31 bits per heavy atom. The fourth-order valence-corrected chi connectivity index (χ4v) is 1.25. The van der Waals surface area contributed by atoms with Crippen LogP contribution in [0.1, 0.15) is 23.1 Å². The van der Waals surface area contributed by atoms with Gasteiger partial charge in [0.25, 0.3) is 12.0 Å². The van der Waals surface area contributed by atoms with Crippen LogP contribution in [0.5, 0.6) is 0 Å². The second kappa shape index (κ2) is 4.20. The van der Waals surface area contributed by atoms with Crippen LogP contribution in [0.2, 0.25) is 0 Å². The van der Waals surface area contributed by atoms with Crippen LogP contribution in [0.25, 0.3) is 0 Å². The van der Waals surface area contributed by atoms with E-state index in [4.69, 9.17) is 5.11 Å². The molecule has 0 aromatic carbocycles. The van der Waals surface area contributed by atoms with E-state index < -0.39 is 41.5 Å². The van der Waals surface area contributed by atoms with E-state index in [1.54, 1.807) is 4.98 Å². The first-order chi connectivity index (χ1) is 7.29. The highest BCUT2D eigenvalue weighted by Crippen LogP contribution is 2.37. The van der Waals surface area contributed by atoms with Gasteiger partial charge in [-0.3, -0.25) is 4.79 Å². The number of aliphatic hydroxyl groups excluding tert-OH is 1. The summed E-state index contributed by atoms with van der Waals surface area (Å²) in [5.74, 6) is 0. The second-order valence-corrected chi connectivity index (χ2v) is 2.88. The first-order valence-corrected chi connectivity index (χ1v) is 3.99. The van der Waals surface area contributed by atoms with Crippen LogP contribution in [-0.4, -0.2) is 10.1 Å². The lowest BCUT2D eigenvalue weighted by molar-refractivity contribution is -0.140. The van der Waals surface area contributed by atoms with Crippen molar-refractivity contribution < 1.29 is 27.1 Å². The number of nitrogens with one attached hydrogen (secondary N) is 1. The van der Waals surface area contributed by atoms with Crippen molar-refractivity contribution in [3.8, 4) is 0 Å². The Hall–Kier alpha value is -1.44. The second-order valence-electron chi connectivity index (χ2n) is 2.88. The largest absolute Gasteiger partial charge is 0.417 e. The molecular weight excluding hydrogens is 237 g/mol. The van der Waals surface area contributed by atoms with Gasteiger partial charge < -0.3 is 10.1 Å². The number of hydrogen-bond donors (Lipinski definition) is 2. The summed E-state index contributed by atoms with van der Waals surface area (Å²) >= 11 is 0. The molecule has 1 rings (SSSR count). The minimum atomic E-state index is -5.11. The van der Waals surface area contributed by atoms with Crippen molar-refractivity contribution >= 4 is 0 Å². The number of halogens is 5. The van der Waals surface area contributed by atoms with Gasteiger partial charge in [-0.2, -0.15) is 13.2 Å². The molecule has 0 spiro atoms. The van der Waals surface area contributed by atoms with Gasteiger partial charge in [0.15, 0.2) is 0 Å². The van der Waals surface area contributed by atoms with Crippen molar-refractivity contribution in [2.45, 2.75) is 19.2 Å². The summed E-state index contributed by atoms with van der Waals surface area (Å²) in [5.41, 5.74) is -5.46. The van der Waals surface area contributed by atoms with Gasteiger partial charge >= 0.3 is 6.18 Å². The van der Waals surface area contributed by atoms with Crippen molar-refractivity contribution in [2.75, 3.05) is 0 Å². The van der Waals surface area contributed by atoms with Gasteiger partial charge in [-0.15, -0.1) is 0 Å². The van der Waals surface area contributed by atoms with E-state index in [1.807, 2.05) is 0 Å². The van der Waals surface area contributed by atoms with E-state index >= 15 is 0 Å². The number of aliphatic hydroxyl groups is 1. The Kier molecular flexibility index (Phi) is 3.32. The topological polar surface area (TPSA) is 53.1 Å². The third-order valence-electron chi connectivity index (χ3n) is 1.90. The van der Waals surface area contributed by atoms with Gasteiger partial charge in [-0.25, -0.2) is 8.78 Å². The highest BCUT2D eigenvalue weighted by molar-refractivity contribution is 5.35. The lowest BCUT2D eigenvalue weighted by Gasteiger charge is -2.14. The van der Waals surface area contributed by atoms with E-state index in [2.05, 4.69) is 0 Å². The molecule has 90 valence electrons. The number of rotatable bonds is 2. The zero-order valence-corrected chi connectivity index (χ0v) is 7.61. The predicted octanol–water partition coefficient (Wildman–Crippen LogP) is 1.82. The molecule has 0 aliphatic heterocycles. The van der Waals surface area contributed by atoms with Crippen LogP contribution in [-0.2, 0) is 12.8 Å². The van der Waals surface area contributed by atoms with E-state index in [0.717, 1.165) is 0 Å². The number of aromatic amines is 1. The summed E-state index contributed by atoms with van der Waals surface area (Å²) in [6.07, 6.45) is -8.20. The van der Waals surface area contributed by atoms with Crippen molar-refractivity contribution in [1.29, 1.82) is 0 Å². The van der Waals surface area contributed by atoms with Crippen LogP contribution in [0.4, 0.5) is 22.0 Å². The van der Waals surface area contributed by atoms with Gasteiger partial charge in [0.2, 0.25) is 0 Å². The summed E-state index contributed by atoms with van der Waals surface area (Å²) in [5, 5.41) is 8.60. The molecule has 1 aromatic rings. The molecular formula is C8H6F5NO2. The molecule has 0 bridgehead atoms. The van der Waals surface area contributed by atoms with Crippen LogP contribution < -0.4 is 5.56 Å². The van der Waals surface area contributed by atoms with Gasteiger partial charge in [0.05, 0.1) is 17.7 Å². The van der Waals surface area contributed by atoms with Crippen molar-refractivity contribution in [2.24, 2.45) is 0 Å². The maximum absolute atomic E-state index is 12.4. The molecule has 8 heteroatoms. The molecule has 0 fully saturated rings. The Balaban J connectivity index is 3.61. The van der Waals surface area contributed by atoms with Gasteiger partial charge in [-0.1, -0.05) is 0 Å². The average molecular weight is 243 g/mol. The number of hydrogen-bond acceptors (Lipinski definition) is 2. The molecule has 0 saturated heterocycles. The molecule has 16 heavy (non-hydrogen) atoms. The number of alkyl halides is 5. The summed E-state index contributed by atoms with van der Waals surface area (Å²) in [4.78, 5) is 12.6. The van der Waals surface area contributed by atoms with E-state index in [0.29, 0.717) is 6.20 Å². The Labute approximate surface area is 85.5 Å². The molecule has 0 amide bonds. The van der Waals surface area contributed by atoms with E-state index in [9.17, 15) is 26.7 Å². The number of aromatic nitrogens is 1. The highest BCUT2D eigenvalue weighted by atomic mass is 19.4. The van der Waals surface area contributed by atoms with Gasteiger partial charge in [0.1, 0.15) is 0 Å². The first kappa shape index (κ1) is 12.6. The smallest absolute Gasteiger partial charge is 0.391 e. The molecule has 0 radical (unpaired) electrons. The lowest BCUT2D eigenvalue weighted by Crippen LogP contribution is -2.23. The number of H-pyrrole nitrogens is 1. The maximum Gasteiger partial charge on any atom is 0.417 e. The highest BCUT2D eigenvalue weighted by Gasteiger charge is 2.39. The third-order valence-corrected chi connectivity index (χ3v) is 1.90. The molecule has 3 nitrogen and oxygen atoms in total. The van der Waals surface area contributed by atoms with E-state index in [1.165, 1.54) is 0 Å². The Morgan fingerprint density at radius 1 is 1.38 bits per heavy atom. The fourth-order valence-electron chi connectivity index (χ4n) is 1.25. The third kappa shape index (κ3) is 2.21. The fraction of sp³-hybridized carbons (Fsp3) is 0.375. The molecule has 2 N–H and O–H groups in total. The summed E-state index contributed by atoms with van der Waals surface area (Å²) in [6, 6.07) is 0. The van der Waals surface area contributed by atoms with Crippen LogP contribution >= 0.6 is 0 Å². The molecule has 0 atom stereocenters. The maximum atomic E-state index is 12.4. The van der Waals surface area contributed by atoms with Crippen LogP contribution in [0.3, 0.4) is 0 Å². The lowest BCUT2D eigenvalue weighted by atomic mass is 10.0. The zero-order chi connectivity index (χ0) is 12.5. The number of pyridine rings is 1. The molecule has 0 aliphatic rings. The normalized spacial score (nSPS) is 12.2. The minimum absolute atomic E-state index is 0.301. The molecule has 0 aliphatic carbocycles. The standard InChI is InChI=1S/C8H6F5NO2/c9-6(10)3-1-14-7(16)4(2-15)5(3)8(11,12)13/h1,6,15H,2H2,(H,14,16). The zero-order valence-electron chi connectivity index (χ0n) is 7.61. The minimum Gasteiger partial charge on any atom is -0.391 e. The molecule has 1 heterocycles. The van der Waals surface area contributed by atoms with Crippen molar-refractivity contribution in [3.63, 3.8) is 0 Å². The molecule has 1 aromatic heterocycles. The SMILES string of the molecule is O=c1[nH]cc(C(F)F)c(C(F)(F)F)c1CO. The first-order valence-electron chi connectivity index (χ1n) is 3.99. The van der Waals surface area contributed by atoms with Crippen LogP contribution in [0.15, 0.2) is 11.0 Å². The Morgan fingerprint density at radius 2 is 1.94 bits per heavy atom. The molecule has 0 unspecified atom stereocenters. The van der Waals surface area contributed by atoms with Gasteiger partial charge in [0, 0.05) is 11.8 Å². The quantitative estimate of drug-likeness (QED) is 0.778. The van der Waals surface area contributed by atoms with Gasteiger partial charge in [-0.05, 0) is 0 Å². The predicted molar refractivity (Wildman–Crippen MR) is 42.9 cm³/mol. The monoisotopic (exact) mass is 243 g/mol. The summed E-state index contributed by atoms with van der Waals surface area (Å²) in [6.45, 7) is -1.26. The summed E-state index contributed by atoms with van der Waals surface area (Å²) < 4.78 is 61.9. The van der Waals surface area contributed by atoms with Crippen LogP contribution in [0, 0.1) is 0 Å².